The third-order valence-electron chi connectivity index (χ3n) is 1.70. The molecule has 38 valence electrons. The number of nitrogens with zero attached hydrogens (tertiary/aromatic N) is 1. The largest absolute Gasteiger partial charge is 0.371 e. The highest BCUT2D eigenvalue weighted by Crippen LogP contribution is 2.00. The lowest BCUT2D eigenvalue weighted by Gasteiger charge is -2.39. The first-order valence-corrected chi connectivity index (χ1v) is 2.70. The van der Waals surface area contributed by atoms with E-state index in [0.717, 1.165) is 0 Å². The standard InChI is InChI=1S/C3H10B2N2/c1-4-6-5(2)7(4)3/h6H,1-3H3. The molecule has 0 spiro atoms. The van der Waals surface area contributed by atoms with Crippen LogP contribution in [0.2, 0.25) is 13.6 Å². The van der Waals surface area contributed by atoms with Crippen LogP contribution in [-0.2, 0) is 0 Å². The smallest absolute Gasteiger partial charge is 0.283 e. The summed E-state index contributed by atoms with van der Waals surface area (Å²) >= 11 is 0. The SMILES string of the molecule is CB1NB(C)N1C. The summed E-state index contributed by atoms with van der Waals surface area (Å²) < 4.78 is 2.28. The van der Waals surface area contributed by atoms with Crippen molar-refractivity contribution in [3.8, 4) is 0 Å². The molecular weight excluding hydrogens is 85.7 g/mol. The van der Waals surface area contributed by atoms with Crippen LogP contribution in [0.15, 0.2) is 0 Å². The Morgan fingerprint density at radius 1 is 1.29 bits per heavy atom. The molecule has 0 aromatic carbocycles. The zero-order valence-electron chi connectivity index (χ0n) is 5.10. The number of nitrogens with one attached hydrogen (secondary N) is 1. The van der Waals surface area contributed by atoms with E-state index in [1.807, 2.05) is 0 Å². The van der Waals surface area contributed by atoms with Crippen molar-refractivity contribution in [2.24, 2.45) is 0 Å². The van der Waals surface area contributed by atoms with Gasteiger partial charge >= 0.3 is 0 Å². The lowest BCUT2D eigenvalue weighted by molar-refractivity contribution is 0.716. The monoisotopic (exact) mass is 96.1 g/mol. The molecular formula is C3H10B2N2. The summed E-state index contributed by atoms with van der Waals surface area (Å²) in [4.78, 5) is 0. The Labute approximate surface area is 45.5 Å². The first-order valence-electron chi connectivity index (χ1n) is 2.70. The van der Waals surface area contributed by atoms with Crippen LogP contribution in [0.4, 0.5) is 0 Å². The van der Waals surface area contributed by atoms with E-state index in [2.05, 4.69) is 30.6 Å². The van der Waals surface area contributed by atoms with E-state index >= 15 is 0 Å². The number of hydrogen-bond donors (Lipinski definition) is 1. The van der Waals surface area contributed by atoms with Crippen molar-refractivity contribution in [2.75, 3.05) is 7.05 Å². The van der Waals surface area contributed by atoms with E-state index in [0.29, 0.717) is 14.0 Å². The number of hydrogen-bond acceptors (Lipinski definition) is 2. The fraction of sp³-hybridized carbons (Fsp3) is 1.00. The molecule has 0 bridgehead atoms. The Balaban J connectivity index is 2.29. The normalized spacial score (nSPS) is 22.7. The van der Waals surface area contributed by atoms with Crippen LogP contribution >= 0.6 is 0 Å². The summed E-state index contributed by atoms with van der Waals surface area (Å²) in [6.07, 6.45) is 0. The van der Waals surface area contributed by atoms with Crippen LogP contribution in [0.3, 0.4) is 0 Å². The second-order valence-electron chi connectivity index (χ2n) is 2.18. The molecule has 0 saturated carbocycles. The summed E-state index contributed by atoms with van der Waals surface area (Å²) in [7, 11) is 2.12. The van der Waals surface area contributed by atoms with Gasteiger partial charge in [-0.1, -0.05) is 13.6 Å². The summed E-state index contributed by atoms with van der Waals surface area (Å²) in [5.41, 5.74) is 0. The molecule has 0 aromatic heterocycles. The minimum absolute atomic E-state index is 0.593. The van der Waals surface area contributed by atoms with Crippen molar-refractivity contribution >= 4 is 14.0 Å². The summed E-state index contributed by atoms with van der Waals surface area (Å²) in [6.45, 7) is 5.49. The van der Waals surface area contributed by atoms with Crippen molar-refractivity contribution in [3.05, 3.63) is 0 Å². The second-order valence-corrected chi connectivity index (χ2v) is 2.18. The molecule has 0 radical (unpaired) electrons. The molecule has 2 nitrogen and oxygen atoms in total. The molecule has 0 unspecified atom stereocenters. The topological polar surface area (TPSA) is 15.3 Å². The second kappa shape index (κ2) is 1.53. The lowest BCUT2D eigenvalue weighted by atomic mass is 9.49. The third-order valence-corrected chi connectivity index (χ3v) is 1.70. The molecule has 1 aliphatic rings. The van der Waals surface area contributed by atoms with Gasteiger partial charge in [-0.25, -0.2) is 0 Å². The fourth-order valence-electron chi connectivity index (χ4n) is 0.837. The molecule has 1 rings (SSSR count). The molecule has 0 atom stereocenters. The van der Waals surface area contributed by atoms with Crippen molar-refractivity contribution in [2.45, 2.75) is 13.6 Å². The van der Waals surface area contributed by atoms with E-state index < -0.39 is 0 Å². The molecule has 7 heavy (non-hydrogen) atoms. The molecule has 1 saturated heterocycles. The Bertz CT molecular complexity index is 69.3. The van der Waals surface area contributed by atoms with Gasteiger partial charge in [-0.05, 0) is 7.05 Å². The van der Waals surface area contributed by atoms with Gasteiger partial charge in [0.15, 0.2) is 0 Å². The van der Waals surface area contributed by atoms with Gasteiger partial charge in [-0.3, -0.25) is 0 Å². The highest BCUT2D eigenvalue weighted by atomic mass is 15.2. The average Bonchev–Trinajstić information content (AvgIpc) is 1.68. The molecule has 0 aromatic rings. The van der Waals surface area contributed by atoms with E-state index in [1.54, 1.807) is 0 Å². The lowest BCUT2D eigenvalue weighted by Crippen LogP contribution is -2.72. The Morgan fingerprint density at radius 3 is 1.71 bits per heavy atom. The van der Waals surface area contributed by atoms with Crippen LogP contribution in [0.25, 0.3) is 0 Å². The minimum Gasteiger partial charge on any atom is -0.371 e. The highest BCUT2D eigenvalue weighted by molar-refractivity contribution is 6.85. The van der Waals surface area contributed by atoms with Gasteiger partial charge in [-0.15, -0.1) is 0 Å². The highest BCUT2D eigenvalue weighted by Gasteiger charge is 2.33. The van der Waals surface area contributed by atoms with Crippen molar-refractivity contribution < 1.29 is 0 Å². The van der Waals surface area contributed by atoms with Gasteiger partial charge < -0.3 is 9.86 Å². The average molecular weight is 95.8 g/mol. The quantitative estimate of drug-likeness (QED) is 0.418. The first kappa shape index (κ1) is 5.19. The van der Waals surface area contributed by atoms with E-state index in [-0.39, 0.29) is 0 Å². The van der Waals surface area contributed by atoms with Crippen LogP contribution in [0, 0.1) is 0 Å². The first-order chi connectivity index (χ1) is 3.22. The number of rotatable bonds is 0. The van der Waals surface area contributed by atoms with E-state index in [9.17, 15) is 0 Å². The zero-order chi connectivity index (χ0) is 5.44. The fourth-order valence-corrected chi connectivity index (χ4v) is 0.837. The van der Waals surface area contributed by atoms with Crippen molar-refractivity contribution in [3.63, 3.8) is 0 Å². The molecule has 1 heterocycles. The third kappa shape index (κ3) is 0.683. The van der Waals surface area contributed by atoms with Gasteiger partial charge in [0.05, 0.1) is 0 Å². The van der Waals surface area contributed by atoms with Gasteiger partial charge in [0.1, 0.15) is 0 Å². The Morgan fingerprint density at radius 2 is 1.71 bits per heavy atom. The maximum Gasteiger partial charge on any atom is 0.283 e. The van der Waals surface area contributed by atoms with Gasteiger partial charge in [0.25, 0.3) is 14.0 Å². The summed E-state index contributed by atoms with van der Waals surface area (Å²) in [6, 6.07) is 0. The molecule has 0 aliphatic carbocycles. The van der Waals surface area contributed by atoms with Gasteiger partial charge in [0, 0.05) is 0 Å². The maximum atomic E-state index is 3.28. The molecule has 0 amide bonds. The molecule has 1 fully saturated rings. The Kier molecular flexibility index (Phi) is 1.13. The predicted octanol–water partition coefficient (Wildman–Crippen LogP) is -0.243. The molecule has 1 N–H and O–H groups in total. The van der Waals surface area contributed by atoms with Crippen molar-refractivity contribution in [1.82, 2.24) is 9.86 Å². The predicted molar refractivity (Wildman–Crippen MR) is 34.1 cm³/mol. The van der Waals surface area contributed by atoms with E-state index in [4.69, 9.17) is 0 Å². The summed E-state index contributed by atoms with van der Waals surface area (Å²) in [5.74, 6) is 0. The molecule has 1 aliphatic heterocycles. The van der Waals surface area contributed by atoms with E-state index in [1.165, 1.54) is 0 Å². The van der Waals surface area contributed by atoms with Crippen LogP contribution in [-0.4, -0.2) is 25.7 Å². The van der Waals surface area contributed by atoms with Crippen LogP contribution < -0.4 is 5.14 Å². The van der Waals surface area contributed by atoms with Gasteiger partial charge in [0.2, 0.25) is 0 Å². The van der Waals surface area contributed by atoms with Crippen LogP contribution in [0.1, 0.15) is 0 Å². The van der Waals surface area contributed by atoms with Crippen LogP contribution in [0.5, 0.6) is 0 Å². The molecule has 4 heteroatoms. The minimum atomic E-state index is 0.593. The zero-order valence-corrected chi connectivity index (χ0v) is 5.10. The maximum absolute atomic E-state index is 3.28. The van der Waals surface area contributed by atoms with Crippen molar-refractivity contribution in [1.29, 1.82) is 0 Å². The Hall–Kier alpha value is 0.0499. The van der Waals surface area contributed by atoms with Gasteiger partial charge in [-0.2, -0.15) is 0 Å². The summed E-state index contributed by atoms with van der Waals surface area (Å²) in [5, 5.41) is 3.28.